The predicted molar refractivity (Wildman–Crippen MR) is 76.7 cm³/mol. The van der Waals surface area contributed by atoms with Crippen LogP contribution < -0.4 is 4.74 Å². The van der Waals surface area contributed by atoms with Gasteiger partial charge in [-0.3, -0.25) is 0 Å². The van der Waals surface area contributed by atoms with Gasteiger partial charge in [0.05, 0.1) is 20.3 Å². The second-order valence-electron chi connectivity index (χ2n) is 5.15. The smallest absolute Gasteiger partial charge is 0.122 e. The lowest BCUT2D eigenvalue weighted by Gasteiger charge is -2.14. The lowest BCUT2D eigenvalue weighted by atomic mass is 9.97. The van der Waals surface area contributed by atoms with Crippen LogP contribution in [0.1, 0.15) is 33.9 Å². The van der Waals surface area contributed by atoms with Crippen LogP contribution in [0.2, 0.25) is 0 Å². The molecule has 0 amide bonds. The Bertz CT molecular complexity index is 623. The number of aliphatic hydroxyl groups is 1. The zero-order valence-electron chi connectivity index (χ0n) is 11.7. The second kappa shape index (κ2) is 5.27. The summed E-state index contributed by atoms with van der Waals surface area (Å²) in [4.78, 5) is 0. The van der Waals surface area contributed by atoms with Gasteiger partial charge in [0.2, 0.25) is 0 Å². The summed E-state index contributed by atoms with van der Waals surface area (Å²) in [6, 6.07) is 11.8. The summed E-state index contributed by atoms with van der Waals surface area (Å²) >= 11 is 0. The van der Waals surface area contributed by atoms with Gasteiger partial charge in [0.15, 0.2) is 0 Å². The number of hydrogen-bond donors (Lipinski definition) is 1. The molecule has 1 N–H and O–H groups in total. The molecule has 1 aliphatic rings. The highest BCUT2D eigenvalue weighted by Gasteiger charge is 2.16. The van der Waals surface area contributed by atoms with Crippen molar-refractivity contribution in [2.24, 2.45) is 0 Å². The molecule has 0 saturated heterocycles. The van der Waals surface area contributed by atoms with Crippen molar-refractivity contribution in [2.45, 2.75) is 26.2 Å². The van der Waals surface area contributed by atoms with Crippen LogP contribution in [-0.4, -0.2) is 12.2 Å². The fourth-order valence-corrected chi connectivity index (χ4v) is 2.56. The minimum atomic E-state index is -0.643. The van der Waals surface area contributed by atoms with E-state index in [0.29, 0.717) is 13.2 Å². The van der Waals surface area contributed by atoms with Gasteiger partial charge in [0, 0.05) is 0 Å². The van der Waals surface area contributed by atoms with Gasteiger partial charge in [-0.1, -0.05) is 30.3 Å². The minimum absolute atomic E-state index is 0.632. The molecule has 0 fully saturated rings. The van der Waals surface area contributed by atoms with Crippen LogP contribution in [0.5, 0.6) is 5.75 Å². The Morgan fingerprint density at radius 3 is 2.55 bits per heavy atom. The van der Waals surface area contributed by atoms with Crippen molar-refractivity contribution in [1.82, 2.24) is 0 Å². The molecule has 0 saturated carbocycles. The fraction of sp³-hybridized carbons (Fsp3) is 0.294. The first-order valence-corrected chi connectivity index (χ1v) is 6.71. The normalized spacial score (nSPS) is 14.9. The second-order valence-corrected chi connectivity index (χ2v) is 5.15. The van der Waals surface area contributed by atoms with Crippen LogP contribution in [0.15, 0.2) is 36.4 Å². The molecule has 1 unspecified atom stereocenters. The van der Waals surface area contributed by atoms with Gasteiger partial charge in [-0.05, 0) is 40.8 Å². The molecule has 2 aromatic rings. The molecule has 0 radical (unpaired) electrons. The van der Waals surface area contributed by atoms with E-state index >= 15 is 0 Å². The Hall–Kier alpha value is -1.84. The summed E-state index contributed by atoms with van der Waals surface area (Å²) in [5.41, 5.74) is 5.17. The van der Waals surface area contributed by atoms with Crippen LogP contribution >= 0.6 is 0 Å². The zero-order valence-corrected chi connectivity index (χ0v) is 11.7. The molecular weight excluding hydrogens is 252 g/mol. The van der Waals surface area contributed by atoms with Gasteiger partial charge < -0.3 is 14.6 Å². The minimum Gasteiger partial charge on any atom is -0.496 e. The lowest BCUT2D eigenvalue weighted by molar-refractivity contribution is 0.134. The Morgan fingerprint density at radius 1 is 1.05 bits per heavy atom. The Labute approximate surface area is 118 Å². The summed E-state index contributed by atoms with van der Waals surface area (Å²) in [7, 11) is 1.64. The van der Waals surface area contributed by atoms with Gasteiger partial charge in [-0.2, -0.15) is 0 Å². The summed E-state index contributed by atoms with van der Waals surface area (Å²) in [5, 5.41) is 10.5. The first kappa shape index (κ1) is 13.2. The summed E-state index contributed by atoms with van der Waals surface area (Å²) < 4.78 is 10.7. The highest BCUT2D eigenvalue weighted by atomic mass is 16.5. The number of ether oxygens (including phenoxy) is 2. The molecule has 2 aromatic carbocycles. The third-order valence-electron chi connectivity index (χ3n) is 3.81. The van der Waals surface area contributed by atoms with E-state index in [0.717, 1.165) is 22.4 Å². The third-order valence-corrected chi connectivity index (χ3v) is 3.81. The van der Waals surface area contributed by atoms with Gasteiger partial charge in [0.1, 0.15) is 11.9 Å². The predicted octanol–water partition coefficient (Wildman–Crippen LogP) is 3.12. The van der Waals surface area contributed by atoms with Crippen molar-refractivity contribution in [3.63, 3.8) is 0 Å². The van der Waals surface area contributed by atoms with Gasteiger partial charge in [-0.25, -0.2) is 0 Å². The lowest BCUT2D eigenvalue weighted by Crippen LogP contribution is -2.02. The van der Waals surface area contributed by atoms with Gasteiger partial charge in [0.25, 0.3) is 0 Å². The molecular formula is C17H18O3. The first-order chi connectivity index (χ1) is 9.69. The van der Waals surface area contributed by atoms with Crippen molar-refractivity contribution in [1.29, 1.82) is 0 Å². The number of rotatable bonds is 3. The Balaban J connectivity index is 1.94. The molecule has 1 atom stereocenters. The highest BCUT2D eigenvalue weighted by molar-refractivity contribution is 5.42. The van der Waals surface area contributed by atoms with E-state index in [2.05, 4.69) is 0 Å². The summed E-state index contributed by atoms with van der Waals surface area (Å²) in [6.07, 6.45) is -0.643. The maximum absolute atomic E-state index is 10.5. The zero-order chi connectivity index (χ0) is 14.1. The van der Waals surface area contributed by atoms with Crippen LogP contribution in [0.25, 0.3) is 0 Å². The van der Waals surface area contributed by atoms with E-state index in [-0.39, 0.29) is 0 Å². The number of aliphatic hydroxyl groups excluding tert-OH is 1. The number of hydrogen-bond acceptors (Lipinski definition) is 3. The standard InChI is InChI=1S/C17H18O3/c1-11-3-4-13(8-16(11)19-2)17(18)12-5-6-14-9-20-10-15(14)7-12/h3-8,17-18H,9-10H2,1-2H3. The maximum atomic E-state index is 10.5. The number of methoxy groups -OCH3 is 1. The molecule has 3 rings (SSSR count). The molecule has 1 heterocycles. The van der Waals surface area contributed by atoms with Crippen molar-refractivity contribution < 1.29 is 14.6 Å². The first-order valence-electron chi connectivity index (χ1n) is 6.71. The van der Waals surface area contributed by atoms with Gasteiger partial charge in [-0.15, -0.1) is 0 Å². The monoisotopic (exact) mass is 270 g/mol. The van der Waals surface area contributed by atoms with E-state index in [1.165, 1.54) is 11.1 Å². The molecule has 0 spiro atoms. The Morgan fingerprint density at radius 2 is 1.75 bits per heavy atom. The van der Waals surface area contributed by atoms with Crippen molar-refractivity contribution in [3.05, 3.63) is 64.2 Å². The summed E-state index contributed by atoms with van der Waals surface area (Å²) in [5.74, 6) is 0.797. The third kappa shape index (κ3) is 2.30. The molecule has 20 heavy (non-hydrogen) atoms. The van der Waals surface area contributed by atoms with Crippen molar-refractivity contribution >= 4 is 0 Å². The topological polar surface area (TPSA) is 38.7 Å². The molecule has 0 aliphatic carbocycles. The van der Waals surface area contributed by atoms with E-state index < -0.39 is 6.10 Å². The van der Waals surface area contributed by atoms with Crippen molar-refractivity contribution in [2.75, 3.05) is 7.11 Å². The SMILES string of the molecule is COc1cc(C(O)c2ccc3c(c2)COC3)ccc1C. The highest BCUT2D eigenvalue weighted by Crippen LogP contribution is 2.30. The average Bonchev–Trinajstić information content (AvgIpc) is 2.94. The van der Waals surface area contributed by atoms with Crippen LogP contribution in [-0.2, 0) is 18.0 Å². The van der Waals surface area contributed by atoms with E-state index in [1.54, 1.807) is 7.11 Å². The largest absolute Gasteiger partial charge is 0.496 e. The number of aryl methyl sites for hydroxylation is 1. The van der Waals surface area contributed by atoms with E-state index in [1.807, 2.05) is 43.3 Å². The van der Waals surface area contributed by atoms with Crippen molar-refractivity contribution in [3.8, 4) is 5.75 Å². The molecule has 3 nitrogen and oxygen atoms in total. The molecule has 3 heteroatoms. The average molecular weight is 270 g/mol. The fourth-order valence-electron chi connectivity index (χ4n) is 2.56. The number of benzene rings is 2. The van der Waals surface area contributed by atoms with Gasteiger partial charge >= 0.3 is 0 Å². The van der Waals surface area contributed by atoms with E-state index in [9.17, 15) is 5.11 Å². The maximum Gasteiger partial charge on any atom is 0.122 e. The number of fused-ring (bicyclic) bond motifs is 1. The van der Waals surface area contributed by atoms with Crippen LogP contribution in [0.4, 0.5) is 0 Å². The van der Waals surface area contributed by atoms with Crippen LogP contribution in [0, 0.1) is 6.92 Å². The van der Waals surface area contributed by atoms with E-state index in [4.69, 9.17) is 9.47 Å². The quantitative estimate of drug-likeness (QED) is 0.931. The Kier molecular flexibility index (Phi) is 3.47. The molecule has 0 aromatic heterocycles. The molecule has 1 aliphatic heterocycles. The molecule has 0 bridgehead atoms. The summed E-state index contributed by atoms with van der Waals surface area (Å²) in [6.45, 7) is 3.29. The van der Waals surface area contributed by atoms with Crippen LogP contribution in [0.3, 0.4) is 0 Å². The molecule has 104 valence electrons.